The van der Waals surface area contributed by atoms with Gasteiger partial charge in [-0.2, -0.15) is 0 Å². The highest BCUT2D eigenvalue weighted by molar-refractivity contribution is 5.79. The van der Waals surface area contributed by atoms with E-state index in [9.17, 15) is 5.11 Å². The first-order valence-electron chi connectivity index (χ1n) is 8.11. The van der Waals surface area contributed by atoms with Crippen LogP contribution in [-0.4, -0.2) is 16.8 Å². The third-order valence-electron chi connectivity index (χ3n) is 4.07. The smallest absolute Gasteiger partial charge is 0.145 e. The van der Waals surface area contributed by atoms with Gasteiger partial charge in [-0.05, 0) is 47.4 Å². The molecule has 0 bridgehead atoms. The molecule has 1 aromatic heterocycles. The average molecular weight is 326 g/mol. The Balaban J connectivity index is 1.69. The van der Waals surface area contributed by atoms with Gasteiger partial charge in [0.25, 0.3) is 0 Å². The molecule has 24 heavy (non-hydrogen) atoms. The number of rotatable bonds is 6. The van der Waals surface area contributed by atoms with Gasteiger partial charge in [0, 0.05) is 5.39 Å². The van der Waals surface area contributed by atoms with Crippen LogP contribution in [0.5, 0.6) is 5.75 Å². The fraction of sp³-hybridized carbons (Fsp3) is 0.300. The van der Waals surface area contributed by atoms with Crippen LogP contribution in [0.25, 0.3) is 11.0 Å². The van der Waals surface area contributed by atoms with Crippen molar-refractivity contribution in [2.75, 3.05) is 6.61 Å². The van der Waals surface area contributed by atoms with E-state index >= 15 is 0 Å². The van der Waals surface area contributed by atoms with Crippen molar-refractivity contribution in [1.82, 2.24) is 0 Å². The molecule has 0 saturated heterocycles. The van der Waals surface area contributed by atoms with Gasteiger partial charge in [0.05, 0.1) is 6.61 Å². The van der Waals surface area contributed by atoms with E-state index in [-0.39, 0.29) is 13.2 Å². The number of hydrogen-bond donors (Lipinski definition) is 2. The number of benzene rings is 2. The molecule has 2 N–H and O–H groups in total. The number of furan rings is 1. The second kappa shape index (κ2) is 7.07. The summed E-state index contributed by atoms with van der Waals surface area (Å²) in [5, 5.41) is 20.3. The maximum Gasteiger partial charge on any atom is 0.145 e. The largest absolute Gasteiger partial charge is 0.490 e. The molecule has 1 atom stereocenters. The second-order valence-corrected chi connectivity index (χ2v) is 6.23. The summed E-state index contributed by atoms with van der Waals surface area (Å²) < 4.78 is 11.3. The molecule has 2 aromatic carbocycles. The van der Waals surface area contributed by atoms with Crippen LogP contribution >= 0.6 is 0 Å². The summed E-state index contributed by atoms with van der Waals surface area (Å²) in [6.07, 6.45) is -0.836. The van der Waals surface area contributed by atoms with Crippen molar-refractivity contribution < 1.29 is 19.4 Å². The fourth-order valence-corrected chi connectivity index (χ4v) is 2.55. The molecule has 0 amide bonds. The summed E-state index contributed by atoms with van der Waals surface area (Å²) in [6.45, 7) is 4.40. The number of fused-ring (bicyclic) bond motifs is 1. The maximum absolute atomic E-state index is 10.3. The summed E-state index contributed by atoms with van der Waals surface area (Å²) >= 11 is 0. The summed E-state index contributed by atoms with van der Waals surface area (Å²) in [5.74, 6) is 1.59. The van der Waals surface area contributed by atoms with Crippen LogP contribution in [0.3, 0.4) is 0 Å². The molecule has 1 unspecified atom stereocenters. The predicted molar refractivity (Wildman–Crippen MR) is 93.1 cm³/mol. The van der Waals surface area contributed by atoms with Crippen molar-refractivity contribution in [3.8, 4) is 5.75 Å². The van der Waals surface area contributed by atoms with Crippen LogP contribution in [0.1, 0.15) is 42.8 Å². The Morgan fingerprint density at radius 3 is 2.46 bits per heavy atom. The summed E-state index contributed by atoms with van der Waals surface area (Å²) in [4.78, 5) is 0. The van der Waals surface area contributed by atoms with Gasteiger partial charge < -0.3 is 19.4 Å². The van der Waals surface area contributed by atoms with Gasteiger partial charge in [-0.15, -0.1) is 0 Å². The van der Waals surface area contributed by atoms with Crippen LogP contribution in [-0.2, 0) is 6.61 Å². The van der Waals surface area contributed by atoms with E-state index < -0.39 is 6.10 Å². The second-order valence-electron chi connectivity index (χ2n) is 6.23. The molecule has 0 aliphatic rings. The average Bonchev–Trinajstić information content (AvgIpc) is 3.03. The van der Waals surface area contributed by atoms with Gasteiger partial charge in [-0.25, -0.2) is 0 Å². The monoisotopic (exact) mass is 326 g/mol. The quantitative estimate of drug-likeness (QED) is 0.714. The molecule has 3 rings (SSSR count). The summed E-state index contributed by atoms with van der Waals surface area (Å²) in [6, 6.07) is 15.1. The molecular formula is C20H22O4. The molecular weight excluding hydrogens is 304 g/mol. The fourth-order valence-electron chi connectivity index (χ4n) is 2.55. The Kier molecular flexibility index (Phi) is 4.88. The maximum atomic E-state index is 10.3. The van der Waals surface area contributed by atoms with Gasteiger partial charge in [0.2, 0.25) is 0 Å². The molecule has 126 valence electrons. The minimum Gasteiger partial charge on any atom is -0.490 e. The predicted octanol–water partition coefficient (Wildman–Crippen LogP) is 4.16. The summed E-state index contributed by atoms with van der Waals surface area (Å²) in [7, 11) is 0. The van der Waals surface area contributed by atoms with E-state index in [4.69, 9.17) is 14.3 Å². The van der Waals surface area contributed by atoms with Crippen LogP contribution in [0, 0.1) is 0 Å². The molecule has 0 spiro atoms. The van der Waals surface area contributed by atoms with Crippen LogP contribution in [0.15, 0.2) is 52.9 Å². The van der Waals surface area contributed by atoms with Crippen molar-refractivity contribution in [2.45, 2.75) is 32.5 Å². The van der Waals surface area contributed by atoms with Gasteiger partial charge in [0.1, 0.15) is 29.8 Å². The van der Waals surface area contributed by atoms with E-state index in [0.717, 1.165) is 16.5 Å². The molecule has 0 fully saturated rings. The zero-order chi connectivity index (χ0) is 17.1. The van der Waals surface area contributed by atoms with Crippen molar-refractivity contribution in [3.05, 3.63) is 65.4 Å². The zero-order valence-electron chi connectivity index (χ0n) is 13.9. The minimum absolute atomic E-state index is 0.000253. The highest BCUT2D eigenvalue weighted by Gasteiger charge is 2.15. The molecule has 3 aromatic rings. The Labute approximate surface area is 141 Å². The van der Waals surface area contributed by atoms with Gasteiger partial charge in [0.15, 0.2) is 0 Å². The van der Waals surface area contributed by atoms with Crippen molar-refractivity contribution in [2.24, 2.45) is 0 Å². The Bertz CT molecular complexity index is 802. The first-order valence-corrected chi connectivity index (χ1v) is 8.11. The van der Waals surface area contributed by atoms with Crippen molar-refractivity contribution in [3.63, 3.8) is 0 Å². The van der Waals surface area contributed by atoms with E-state index in [2.05, 4.69) is 19.9 Å². The van der Waals surface area contributed by atoms with E-state index in [1.165, 1.54) is 5.56 Å². The van der Waals surface area contributed by atoms with Gasteiger partial charge in [-0.1, -0.05) is 32.0 Å². The lowest BCUT2D eigenvalue weighted by Crippen LogP contribution is -2.08. The van der Waals surface area contributed by atoms with Crippen LogP contribution < -0.4 is 4.74 Å². The van der Waals surface area contributed by atoms with Crippen LogP contribution in [0.4, 0.5) is 0 Å². The standard InChI is InChI=1S/C20H22O4/c1-13(2)15-5-8-19-16(9-15)10-20(24-19)18(22)12-23-17-6-3-14(11-21)4-7-17/h3-10,13,18,21-22H,11-12H2,1-2H3. The Hall–Kier alpha value is -2.30. The first kappa shape index (κ1) is 16.6. The molecule has 0 aliphatic heterocycles. The summed E-state index contributed by atoms with van der Waals surface area (Å²) in [5.41, 5.74) is 2.83. The van der Waals surface area contributed by atoms with E-state index in [0.29, 0.717) is 17.4 Å². The van der Waals surface area contributed by atoms with Crippen molar-refractivity contribution >= 4 is 11.0 Å². The number of aliphatic hydroxyl groups is 2. The highest BCUT2D eigenvalue weighted by atomic mass is 16.5. The number of aliphatic hydroxyl groups excluding tert-OH is 2. The topological polar surface area (TPSA) is 62.8 Å². The zero-order valence-corrected chi connectivity index (χ0v) is 13.9. The molecule has 1 heterocycles. The molecule has 4 nitrogen and oxygen atoms in total. The van der Waals surface area contributed by atoms with E-state index in [1.54, 1.807) is 24.3 Å². The lowest BCUT2D eigenvalue weighted by Gasteiger charge is -2.10. The number of hydrogen-bond acceptors (Lipinski definition) is 4. The first-order chi connectivity index (χ1) is 11.6. The van der Waals surface area contributed by atoms with E-state index in [1.807, 2.05) is 18.2 Å². The van der Waals surface area contributed by atoms with Crippen molar-refractivity contribution in [1.29, 1.82) is 0 Å². The Morgan fingerprint density at radius 2 is 1.79 bits per heavy atom. The van der Waals surface area contributed by atoms with Gasteiger partial charge >= 0.3 is 0 Å². The molecule has 4 heteroatoms. The number of ether oxygens (including phenoxy) is 1. The molecule has 0 saturated carbocycles. The minimum atomic E-state index is -0.836. The molecule has 0 aliphatic carbocycles. The third kappa shape index (κ3) is 3.61. The SMILES string of the molecule is CC(C)c1ccc2oc(C(O)COc3ccc(CO)cc3)cc2c1. The Morgan fingerprint density at radius 1 is 1.04 bits per heavy atom. The lowest BCUT2D eigenvalue weighted by atomic mass is 10.0. The van der Waals surface area contributed by atoms with Crippen LogP contribution in [0.2, 0.25) is 0 Å². The third-order valence-corrected chi connectivity index (χ3v) is 4.07. The lowest BCUT2D eigenvalue weighted by molar-refractivity contribution is 0.0903. The van der Waals surface area contributed by atoms with Gasteiger partial charge in [-0.3, -0.25) is 0 Å². The normalized spacial score (nSPS) is 12.7. The molecule has 0 radical (unpaired) electrons. The highest BCUT2D eigenvalue weighted by Crippen LogP contribution is 2.27.